The topological polar surface area (TPSA) is 203 Å². The van der Waals surface area contributed by atoms with E-state index in [-0.39, 0.29) is 51.7 Å². The summed E-state index contributed by atoms with van der Waals surface area (Å²) in [7, 11) is 2.50. The Hall–Kier alpha value is -2.90. The van der Waals surface area contributed by atoms with Crippen molar-refractivity contribution in [3.63, 3.8) is 0 Å². The van der Waals surface area contributed by atoms with Gasteiger partial charge in [-0.2, -0.15) is 0 Å². The van der Waals surface area contributed by atoms with Crippen molar-refractivity contribution in [1.82, 2.24) is 31.5 Å². The lowest BCUT2D eigenvalue weighted by molar-refractivity contribution is -0.167. The number of hydrogen-bond donors (Lipinski definition) is 4. The highest BCUT2D eigenvalue weighted by atomic mass is 35.6. The maximum Gasteiger partial charge on any atom is 0.407 e. The van der Waals surface area contributed by atoms with E-state index in [1.165, 1.54) is 21.0 Å². The van der Waals surface area contributed by atoms with E-state index in [0.717, 1.165) is 17.1 Å². The number of rotatable bonds is 16. The number of esters is 2. The van der Waals surface area contributed by atoms with E-state index >= 15 is 0 Å². The highest BCUT2D eigenvalue weighted by Crippen LogP contribution is 2.26. The Bertz CT molecular complexity index is 1350. The number of halogens is 4. The van der Waals surface area contributed by atoms with Crippen molar-refractivity contribution in [2.45, 2.75) is 85.9 Å². The van der Waals surface area contributed by atoms with Gasteiger partial charge in [0.25, 0.3) is 11.8 Å². The van der Waals surface area contributed by atoms with Gasteiger partial charge in [0.05, 0.1) is 25.6 Å². The molecule has 0 radical (unpaired) electrons. The summed E-state index contributed by atoms with van der Waals surface area (Å²) in [6.07, 6.45) is 4.81. The molecule has 0 aliphatic carbocycles. The van der Waals surface area contributed by atoms with Crippen LogP contribution >= 0.6 is 46.4 Å². The number of ether oxygens (including phenoxy) is 5. The molecule has 0 saturated carbocycles. The molecule has 6 atom stereocenters. The Morgan fingerprint density at radius 3 is 2.25 bits per heavy atom. The van der Waals surface area contributed by atoms with Gasteiger partial charge in [0.2, 0.25) is 9.70 Å². The van der Waals surface area contributed by atoms with Gasteiger partial charge < -0.3 is 34.3 Å². The summed E-state index contributed by atoms with van der Waals surface area (Å²) in [5.41, 5.74) is 3.96. The van der Waals surface area contributed by atoms with Crippen molar-refractivity contribution < 1.29 is 52.5 Å². The van der Waals surface area contributed by atoms with Crippen molar-refractivity contribution >= 4 is 82.2 Å². The molecule has 2 aliphatic rings. The molecule has 0 unspecified atom stereocenters. The Morgan fingerprint density at radius 2 is 1.64 bits per heavy atom. The minimum Gasteiger partial charge on any atom is -0.467 e. The van der Waals surface area contributed by atoms with Crippen LogP contribution < -0.4 is 21.5 Å². The SMILES string of the molecule is COCOC[C@](C)(NC(=O)[C@@H]1C[C@H](OC(C)=O)CNN1C(=O)[C@H]1C[C@H](Cl)CNN1C(=O)[C@H](C/C=C/C=C/C(C)C)NC(=O)OCC(Cl)(Cl)Cl)C(=O)OC. The second kappa shape index (κ2) is 21.9. The molecule has 0 spiro atoms. The average molecular weight is 835 g/mol. The molecule has 2 fully saturated rings. The molecule has 21 heteroatoms. The van der Waals surface area contributed by atoms with Gasteiger partial charge in [-0.05, 0) is 25.7 Å². The average Bonchev–Trinajstić information content (AvgIpc) is 3.08. The molecule has 2 rings (SSSR count). The first kappa shape index (κ1) is 46.3. The first-order chi connectivity index (χ1) is 24.8. The Balaban J connectivity index is 2.46. The van der Waals surface area contributed by atoms with Crippen molar-refractivity contribution in [2.75, 3.05) is 47.3 Å². The van der Waals surface area contributed by atoms with Crippen LogP contribution in [0.5, 0.6) is 0 Å². The second-order valence-electron chi connectivity index (χ2n) is 12.7. The normalized spacial score (nSPS) is 22.6. The van der Waals surface area contributed by atoms with Gasteiger partial charge in [-0.15, -0.1) is 11.6 Å². The number of carbonyl (C=O) groups excluding carboxylic acids is 6. The quantitative estimate of drug-likeness (QED) is 0.0440. The number of allylic oxidation sites excluding steroid dienone is 3. The molecule has 0 aromatic rings. The fourth-order valence-corrected chi connectivity index (χ4v) is 5.63. The lowest BCUT2D eigenvalue weighted by Gasteiger charge is -2.44. The summed E-state index contributed by atoms with van der Waals surface area (Å²) in [6, 6.07) is -4.00. The molecular formula is C32H48Cl4N6O11. The molecule has 4 amide bonds. The highest BCUT2D eigenvalue weighted by molar-refractivity contribution is 6.67. The third-order valence-corrected chi connectivity index (χ3v) is 8.31. The number of nitrogens with one attached hydrogen (secondary N) is 4. The zero-order chi connectivity index (χ0) is 39.9. The molecular weight excluding hydrogens is 786 g/mol. The largest absolute Gasteiger partial charge is 0.467 e. The highest BCUT2D eigenvalue weighted by Gasteiger charge is 2.47. The number of nitrogens with zero attached hydrogens (tertiary/aromatic N) is 2. The van der Waals surface area contributed by atoms with Crippen molar-refractivity contribution in [2.24, 2.45) is 5.92 Å². The van der Waals surface area contributed by atoms with Crippen LogP contribution in [0.25, 0.3) is 0 Å². The van der Waals surface area contributed by atoms with E-state index in [4.69, 9.17) is 70.1 Å². The summed E-state index contributed by atoms with van der Waals surface area (Å²) in [5.74, 6) is -3.58. The van der Waals surface area contributed by atoms with Crippen LogP contribution in [0.1, 0.15) is 47.0 Å². The summed E-state index contributed by atoms with van der Waals surface area (Å²) < 4.78 is 23.5. The second-order valence-corrected chi connectivity index (χ2v) is 15.9. The van der Waals surface area contributed by atoms with Crippen LogP contribution in [-0.2, 0) is 47.7 Å². The Kier molecular flexibility index (Phi) is 19.1. The number of alkyl carbamates (subject to hydrolysis) is 1. The molecule has 4 N–H and O–H groups in total. The van der Waals surface area contributed by atoms with E-state index in [0.29, 0.717) is 0 Å². The first-order valence-corrected chi connectivity index (χ1v) is 18.1. The van der Waals surface area contributed by atoms with Crippen LogP contribution in [0, 0.1) is 5.92 Å². The van der Waals surface area contributed by atoms with Gasteiger partial charge in [-0.25, -0.2) is 20.4 Å². The zero-order valence-corrected chi connectivity index (χ0v) is 33.4. The number of hydrazine groups is 2. The maximum absolute atomic E-state index is 14.4. The molecule has 2 aliphatic heterocycles. The van der Waals surface area contributed by atoms with Crippen LogP contribution in [-0.4, -0.2) is 132 Å². The molecule has 53 heavy (non-hydrogen) atoms. The van der Waals surface area contributed by atoms with Crippen LogP contribution in [0.2, 0.25) is 0 Å². The lowest BCUT2D eigenvalue weighted by atomic mass is 9.98. The van der Waals surface area contributed by atoms with E-state index in [1.807, 2.05) is 19.9 Å². The van der Waals surface area contributed by atoms with Gasteiger partial charge >= 0.3 is 18.0 Å². The van der Waals surface area contributed by atoms with Crippen LogP contribution in [0.4, 0.5) is 4.79 Å². The van der Waals surface area contributed by atoms with Crippen molar-refractivity contribution in [3.05, 3.63) is 24.3 Å². The molecule has 0 aromatic carbocycles. The van der Waals surface area contributed by atoms with Gasteiger partial charge in [-0.1, -0.05) is 73.0 Å². The third kappa shape index (κ3) is 15.4. The summed E-state index contributed by atoms with van der Waals surface area (Å²) in [4.78, 5) is 79.8. The minimum absolute atomic E-state index is 0.0398. The van der Waals surface area contributed by atoms with Gasteiger partial charge in [-0.3, -0.25) is 29.2 Å². The molecule has 300 valence electrons. The predicted molar refractivity (Wildman–Crippen MR) is 194 cm³/mol. The number of carbonyl (C=O) groups is 6. The lowest BCUT2D eigenvalue weighted by Crippen LogP contribution is -2.71. The van der Waals surface area contributed by atoms with Gasteiger partial charge in [0.1, 0.15) is 37.6 Å². The molecule has 2 saturated heterocycles. The fourth-order valence-electron chi connectivity index (χ4n) is 5.23. The number of hydrogen-bond acceptors (Lipinski definition) is 13. The third-order valence-electron chi connectivity index (χ3n) is 7.66. The summed E-state index contributed by atoms with van der Waals surface area (Å²) >= 11 is 23.6. The van der Waals surface area contributed by atoms with Crippen LogP contribution in [0.3, 0.4) is 0 Å². The molecule has 2 heterocycles. The van der Waals surface area contributed by atoms with Gasteiger partial charge in [0.15, 0.2) is 5.54 Å². The number of alkyl halides is 4. The Morgan fingerprint density at radius 1 is 0.962 bits per heavy atom. The predicted octanol–water partition coefficient (Wildman–Crippen LogP) is 2.03. The minimum atomic E-state index is -1.91. The number of amides is 4. The summed E-state index contributed by atoms with van der Waals surface area (Å²) in [5, 5.41) is 6.44. The zero-order valence-electron chi connectivity index (χ0n) is 30.3. The molecule has 17 nitrogen and oxygen atoms in total. The Labute approximate surface area is 328 Å². The van der Waals surface area contributed by atoms with E-state index < -0.39 is 81.3 Å². The molecule has 0 aromatic heterocycles. The number of methoxy groups -OCH3 is 2. The first-order valence-electron chi connectivity index (χ1n) is 16.6. The molecule has 0 bridgehead atoms. The van der Waals surface area contributed by atoms with E-state index in [1.54, 1.807) is 18.2 Å². The van der Waals surface area contributed by atoms with Gasteiger partial charge in [0, 0.05) is 27.0 Å². The van der Waals surface area contributed by atoms with E-state index in [2.05, 4.69) is 21.5 Å². The van der Waals surface area contributed by atoms with Crippen molar-refractivity contribution in [1.29, 1.82) is 0 Å². The van der Waals surface area contributed by atoms with Crippen molar-refractivity contribution in [3.8, 4) is 0 Å². The van der Waals surface area contributed by atoms with Crippen LogP contribution in [0.15, 0.2) is 24.3 Å². The monoisotopic (exact) mass is 832 g/mol. The standard InChI is InChI=1S/C32H48Cl4N6O11/c1-19(2)10-8-7-9-11-23(39-30(48)52-17-32(34,35)36)27(45)42-25(12-21(33)14-37-42)28(46)41-24(13-22(15-38-41)53-20(3)43)26(44)40-31(4,29(47)50-6)16-51-18-49-5/h7-10,19,21-25,37-38H,11-18H2,1-6H3,(H,39,48)(H,40,44)/b9-7+,10-8+/t21-,22-,23-,24-,25+,31-/m0/s1. The summed E-state index contributed by atoms with van der Waals surface area (Å²) in [6.45, 7) is 5.35. The maximum atomic E-state index is 14.4. The fraction of sp³-hybridized carbons (Fsp3) is 0.688. The van der Waals surface area contributed by atoms with E-state index in [9.17, 15) is 28.8 Å². The smallest absolute Gasteiger partial charge is 0.407 e.